The summed E-state index contributed by atoms with van der Waals surface area (Å²) in [5.41, 5.74) is 4.93. The van der Waals surface area contributed by atoms with Crippen molar-refractivity contribution in [1.82, 2.24) is 5.32 Å². The van der Waals surface area contributed by atoms with E-state index < -0.39 is 0 Å². The van der Waals surface area contributed by atoms with Crippen LogP contribution in [0, 0.1) is 0 Å². The van der Waals surface area contributed by atoms with E-state index >= 15 is 0 Å². The number of benzene rings is 2. The lowest BCUT2D eigenvalue weighted by Gasteiger charge is -2.16. The van der Waals surface area contributed by atoms with Gasteiger partial charge in [-0.25, -0.2) is 0 Å². The Morgan fingerprint density at radius 3 is 2.00 bits per heavy atom. The fourth-order valence-corrected chi connectivity index (χ4v) is 4.52. The molecule has 1 saturated heterocycles. The quantitative estimate of drug-likeness (QED) is 0.867. The van der Waals surface area contributed by atoms with E-state index in [1.165, 1.54) is 22.3 Å². The number of carbonyl (C=O) groups excluding carboxylic acids is 2. The standard InChI is InChI=1S/C17H13NO2S/c19-15-9-14(17(20)18-15)21-16-12-7-3-1-5-10(12)11-6-2-4-8-13(11)16/h1-8,14,16H,9H2,(H,18,19,20). The van der Waals surface area contributed by atoms with Gasteiger partial charge >= 0.3 is 0 Å². The highest BCUT2D eigenvalue weighted by atomic mass is 32.2. The highest BCUT2D eigenvalue weighted by molar-refractivity contribution is 8.01. The van der Waals surface area contributed by atoms with Crippen LogP contribution in [0.15, 0.2) is 48.5 Å². The first kappa shape index (κ1) is 12.7. The Bertz CT molecular complexity index is 710. The molecule has 2 aromatic carbocycles. The van der Waals surface area contributed by atoms with Gasteiger partial charge in [-0.05, 0) is 22.3 Å². The Hall–Kier alpha value is -2.07. The SMILES string of the molecule is O=C1CC(SC2c3ccccc3-c3ccccc32)C(=O)N1. The number of carbonyl (C=O) groups is 2. The van der Waals surface area contributed by atoms with Crippen molar-refractivity contribution in [2.75, 3.05) is 0 Å². The zero-order valence-electron chi connectivity index (χ0n) is 11.2. The van der Waals surface area contributed by atoms with E-state index in [9.17, 15) is 9.59 Å². The first-order chi connectivity index (χ1) is 10.2. The first-order valence-corrected chi connectivity index (χ1v) is 7.85. The fourth-order valence-electron chi connectivity index (χ4n) is 3.06. The maximum Gasteiger partial charge on any atom is 0.240 e. The summed E-state index contributed by atoms with van der Waals surface area (Å²) in [6.07, 6.45) is 0.282. The van der Waals surface area contributed by atoms with Crippen LogP contribution in [0.1, 0.15) is 22.8 Å². The molecule has 1 fully saturated rings. The van der Waals surface area contributed by atoms with Gasteiger partial charge in [0.1, 0.15) is 0 Å². The minimum atomic E-state index is -0.290. The Morgan fingerprint density at radius 2 is 1.48 bits per heavy atom. The van der Waals surface area contributed by atoms with Gasteiger partial charge in [0.05, 0.1) is 10.5 Å². The molecular formula is C17H13NO2S. The van der Waals surface area contributed by atoms with Gasteiger partial charge < -0.3 is 0 Å². The van der Waals surface area contributed by atoms with Crippen LogP contribution in [0.3, 0.4) is 0 Å². The van der Waals surface area contributed by atoms with Gasteiger partial charge in [0, 0.05) is 6.42 Å². The molecule has 0 saturated carbocycles. The summed E-state index contributed by atoms with van der Waals surface area (Å²) in [5.74, 6) is -0.330. The minimum Gasteiger partial charge on any atom is -0.295 e. The van der Waals surface area contributed by atoms with Gasteiger partial charge in [-0.15, -0.1) is 11.8 Å². The van der Waals surface area contributed by atoms with Gasteiger partial charge in [0.2, 0.25) is 11.8 Å². The average Bonchev–Trinajstić information content (AvgIpc) is 2.98. The van der Waals surface area contributed by atoms with E-state index in [1.807, 2.05) is 24.3 Å². The molecule has 1 aliphatic carbocycles. The molecule has 1 aliphatic heterocycles. The molecule has 21 heavy (non-hydrogen) atoms. The van der Waals surface area contributed by atoms with Gasteiger partial charge in [-0.3, -0.25) is 14.9 Å². The molecule has 1 heterocycles. The summed E-state index contributed by atoms with van der Waals surface area (Å²) in [6.45, 7) is 0. The molecule has 4 rings (SSSR count). The molecule has 2 amide bonds. The maximum absolute atomic E-state index is 11.8. The van der Waals surface area contributed by atoms with Crippen molar-refractivity contribution < 1.29 is 9.59 Å². The van der Waals surface area contributed by atoms with Crippen LogP contribution in [0.2, 0.25) is 0 Å². The molecule has 3 nitrogen and oxygen atoms in total. The molecule has 1 unspecified atom stereocenters. The van der Waals surface area contributed by atoms with Crippen LogP contribution in [0.5, 0.6) is 0 Å². The minimum absolute atomic E-state index is 0.124. The second kappa shape index (κ2) is 4.74. The molecule has 0 radical (unpaired) electrons. The summed E-state index contributed by atoms with van der Waals surface area (Å²) in [6, 6.07) is 16.6. The van der Waals surface area contributed by atoms with E-state index in [4.69, 9.17) is 0 Å². The Balaban J connectivity index is 1.75. The Labute approximate surface area is 126 Å². The highest BCUT2D eigenvalue weighted by Crippen LogP contribution is 2.51. The first-order valence-electron chi connectivity index (χ1n) is 6.91. The van der Waals surface area contributed by atoms with E-state index in [0.717, 1.165) is 0 Å². The van der Waals surface area contributed by atoms with Crippen molar-refractivity contribution in [2.45, 2.75) is 16.9 Å². The van der Waals surface area contributed by atoms with Crippen molar-refractivity contribution in [2.24, 2.45) is 0 Å². The van der Waals surface area contributed by atoms with Crippen molar-refractivity contribution in [3.05, 3.63) is 59.7 Å². The second-order valence-electron chi connectivity index (χ2n) is 5.30. The molecule has 0 aromatic heterocycles. The number of hydrogen-bond acceptors (Lipinski definition) is 3. The average molecular weight is 295 g/mol. The normalized spacial score (nSPS) is 20.3. The van der Waals surface area contributed by atoms with E-state index in [0.29, 0.717) is 0 Å². The topological polar surface area (TPSA) is 46.2 Å². The lowest BCUT2D eigenvalue weighted by molar-refractivity contribution is -0.124. The van der Waals surface area contributed by atoms with Crippen molar-refractivity contribution in [1.29, 1.82) is 0 Å². The third-order valence-corrected chi connectivity index (χ3v) is 5.49. The van der Waals surface area contributed by atoms with E-state index in [2.05, 4.69) is 29.6 Å². The Morgan fingerprint density at radius 1 is 0.905 bits per heavy atom. The zero-order valence-corrected chi connectivity index (χ0v) is 12.0. The van der Waals surface area contributed by atoms with Gasteiger partial charge in [-0.1, -0.05) is 48.5 Å². The molecule has 4 heteroatoms. The molecule has 1 atom stereocenters. The monoisotopic (exact) mass is 295 g/mol. The van der Waals surface area contributed by atoms with E-state index in [-0.39, 0.29) is 28.7 Å². The summed E-state index contributed by atoms with van der Waals surface area (Å²) in [7, 11) is 0. The van der Waals surface area contributed by atoms with Crippen LogP contribution in [-0.4, -0.2) is 17.1 Å². The van der Waals surface area contributed by atoms with Gasteiger partial charge in [0.15, 0.2) is 0 Å². The molecular weight excluding hydrogens is 282 g/mol. The van der Waals surface area contributed by atoms with Gasteiger partial charge in [-0.2, -0.15) is 0 Å². The molecule has 1 N–H and O–H groups in total. The van der Waals surface area contributed by atoms with Gasteiger partial charge in [0.25, 0.3) is 0 Å². The number of nitrogens with one attached hydrogen (secondary N) is 1. The highest BCUT2D eigenvalue weighted by Gasteiger charge is 2.37. The maximum atomic E-state index is 11.8. The molecule has 2 aromatic rings. The van der Waals surface area contributed by atoms with Crippen molar-refractivity contribution in [3.63, 3.8) is 0 Å². The third kappa shape index (κ3) is 1.98. The predicted octanol–water partition coefficient (Wildman–Crippen LogP) is 2.90. The van der Waals surface area contributed by atoms with Crippen LogP contribution in [-0.2, 0) is 9.59 Å². The molecule has 104 valence electrons. The van der Waals surface area contributed by atoms with E-state index in [1.54, 1.807) is 11.8 Å². The molecule has 0 spiro atoms. The summed E-state index contributed by atoms with van der Waals surface area (Å²) >= 11 is 1.58. The smallest absolute Gasteiger partial charge is 0.240 e. The second-order valence-corrected chi connectivity index (χ2v) is 6.61. The number of hydrogen-bond donors (Lipinski definition) is 1. The third-order valence-electron chi connectivity index (χ3n) is 4.00. The van der Waals surface area contributed by atoms with Crippen LogP contribution < -0.4 is 5.32 Å². The summed E-state index contributed by atoms with van der Waals surface area (Å²) in [4.78, 5) is 23.2. The number of rotatable bonds is 2. The summed E-state index contributed by atoms with van der Waals surface area (Å²) < 4.78 is 0. The largest absolute Gasteiger partial charge is 0.295 e. The van der Waals surface area contributed by atoms with Crippen LogP contribution >= 0.6 is 11.8 Å². The van der Waals surface area contributed by atoms with Crippen molar-refractivity contribution in [3.8, 4) is 11.1 Å². The number of thioether (sulfide) groups is 1. The number of fused-ring (bicyclic) bond motifs is 3. The Kier molecular flexibility index (Phi) is 2.86. The van der Waals surface area contributed by atoms with Crippen LogP contribution in [0.25, 0.3) is 11.1 Å². The zero-order chi connectivity index (χ0) is 14.4. The predicted molar refractivity (Wildman–Crippen MR) is 82.9 cm³/mol. The molecule has 0 bridgehead atoms. The lowest BCUT2D eigenvalue weighted by Crippen LogP contribution is -2.23. The fraction of sp³-hybridized carbons (Fsp3) is 0.176. The number of imide groups is 1. The lowest BCUT2D eigenvalue weighted by atomic mass is 10.1. The molecule has 2 aliphatic rings. The van der Waals surface area contributed by atoms with Crippen molar-refractivity contribution >= 4 is 23.6 Å². The summed E-state index contributed by atoms with van der Waals surface area (Å²) in [5, 5.41) is 2.22. The number of amides is 2. The van der Waals surface area contributed by atoms with Crippen LogP contribution in [0.4, 0.5) is 0 Å².